The lowest BCUT2D eigenvalue weighted by atomic mass is 10.1. The van der Waals surface area contributed by atoms with Gasteiger partial charge in [-0.25, -0.2) is 9.67 Å². The lowest BCUT2D eigenvalue weighted by molar-refractivity contribution is -0.122. The van der Waals surface area contributed by atoms with Gasteiger partial charge in [-0.2, -0.15) is 5.10 Å². The first-order chi connectivity index (χ1) is 8.98. The minimum atomic E-state index is -0.121. The molecule has 0 amide bonds. The van der Waals surface area contributed by atoms with E-state index in [0.717, 1.165) is 18.9 Å². The van der Waals surface area contributed by atoms with Crippen molar-refractivity contribution in [1.29, 1.82) is 0 Å². The van der Waals surface area contributed by atoms with Gasteiger partial charge in [-0.3, -0.25) is 0 Å². The Hall–Kier alpha value is -0.980. The van der Waals surface area contributed by atoms with Crippen molar-refractivity contribution in [1.82, 2.24) is 20.1 Å². The fourth-order valence-corrected chi connectivity index (χ4v) is 2.25. The van der Waals surface area contributed by atoms with Gasteiger partial charge in [0.05, 0.1) is 18.3 Å². The van der Waals surface area contributed by atoms with E-state index >= 15 is 0 Å². The van der Waals surface area contributed by atoms with Gasteiger partial charge in [0, 0.05) is 19.1 Å². The Morgan fingerprint density at radius 1 is 1.58 bits per heavy atom. The van der Waals surface area contributed by atoms with Gasteiger partial charge >= 0.3 is 0 Å². The average Bonchev–Trinajstić information content (AvgIpc) is 2.76. The van der Waals surface area contributed by atoms with Gasteiger partial charge in [0.2, 0.25) is 0 Å². The summed E-state index contributed by atoms with van der Waals surface area (Å²) in [5.41, 5.74) is -0.121. The molecule has 0 aromatic carbocycles. The van der Waals surface area contributed by atoms with Crippen LogP contribution in [-0.4, -0.2) is 46.2 Å². The predicted molar refractivity (Wildman–Crippen MR) is 71.9 cm³/mol. The molecule has 1 unspecified atom stereocenters. The Bertz CT molecular complexity index is 403. The lowest BCUT2D eigenvalue weighted by Crippen LogP contribution is -2.51. The summed E-state index contributed by atoms with van der Waals surface area (Å²) in [6, 6.07) is 0.299. The van der Waals surface area contributed by atoms with Gasteiger partial charge in [0.25, 0.3) is 0 Å². The number of hydrogen-bond donors (Lipinski definition) is 1. The van der Waals surface area contributed by atoms with Gasteiger partial charge in [0.1, 0.15) is 12.9 Å². The molecule has 6 heteroatoms. The van der Waals surface area contributed by atoms with Crippen molar-refractivity contribution in [2.75, 3.05) is 19.7 Å². The molecule has 1 aromatic rings. The molecule has 1 saturated heterocycles. The first-order valence-electron chi connectivity index (χ1n) is 6.82. The highest BCUT2D eigenvalue weighted by Crippen LogP contribution is 2.15. The molecule has 1 atom stereocenters. The van der Waals surface area contributed by atoms with Crippen molar-refractivity contribution in [2.45, 2.75) is 52.0 Å². The van der Waals surface area contributed by atoms with Crippen LogP contribution in [0.5, 0.6) is 0 Å². The third-order valence-electron chi connectivity index (χ3n) is 3.08. The number of hydrogen-bond acceptors (Lipinski definition) is 5. The van der Waals surface area contributed by atoms with Crippen molar-refractivity contribution in [3.63, 3.8) is 0 Å². The molecule has 1 aromatic heterocycles. The van der Waals surface area contributed by atoms with E-state index in [1.54, 1.807) is 6.33 Å². The molecule has 0 radical (unpaired) electrons. The second kappa shape index (κ2) is 5.98. The van der Waals surface area contributed by atoms with Gasteiger partial charge < -0.3 is 14.8 Å². The highest BCUT2D eigenvalue weighted by Gasteiger charge is 2.28. The third-order valence-corrected chi connectivity index (χ3v) is 3.08. The number of morpholine rings is 1. The summed E-state index contributed by atoms with van der Waals surface area (Å²) in [5.74, 6) is 0.859. The number of nitrogens with one attached hydrogen (secondary N) is 1. The standard InChI is InChI=1S/C13H24N4O2/c1-10(2)17-12(15-9-16-17)7-18-6-11-5-14-8-13(3,4)19-11/h9-11,14H,5-8H2,1-4H3. The largest absolute Gasteiger partial charge is 0.371 e. The average molecular weight is 268 g/mol. The van der Waals surface area contributed by atoms with E-state index in [1.165, 1.54) is 0 Å². The third kappa shape index (κ3) is 3.99. The SMILES string of the molecule is CC(C)n1ncnc1COCC1CNCC(C)(C)O1. The molecule has 1 aliphatic heterocycles. The number of ether oxygens (including phenoxy) is 2. The maximum atomic E-state index is 5.94. The minimum Gasteiger partial charge on any atom is -0.371 e. The fraction of sp³-hybridized carbons (Fsp3) is 0.846. The molecule has 0 aliphatic carbocycles. The molecule has 19 heavy (non-hydrogen) atoms. The monoisotopic (exact) mass is 268 g/mol. The molecule has 0 saturated carbocycles. The number of aromatic nitrogens is 3. The van der Waals surface area contributed by atoms with Crippen molar-refractivity contribution >= 4 is 0 Å². The van der Waals surface area contributed by atoms with E-state index in [4.69, 9.17) is 9.47 Å². The van der Waals surface area contributed by atoms with Crippen LogP contribution < -0.4 is 5.32 Å². The first kappa shape index (κ1) is 14.4. The van der Waals surface area contributed by atoms with Crippen LogP contribution in [0.2, 0.25) is 0 Å². The zero-order valence-electron chi connectivity index (χ0n) is 12.2. The van der Waals surface area contributed by atoms with E-state index in [9.17, 15) is 0 Å². The van der Waals surface area contributed by atoms with Crippen LogP contribution in [0.3, 0.4) is 0 Å². The van der Waals surface area contributed by atoms with Crippen LogP contribution in [0.1, 0.15) is 39.6 Å². The first-order valence-corrected chi connectivity index (χ1v) is 6.82. The van der Waals surface area contributed by atoms with E-state index in [1.807, 2.05) is 4.68 Å². The predicted octanol–water partition coefficient (Wildman–Crippen LogP) is 1.14. The van der Waals surface area contributed by atoms with Crippen LogP contribution >= 0.6 is 0 Å². The summed E-state index contributed by atoms with van der Waals surface area (Å²) in [6.45, 7) is 11.1. The van der Waals surface area contributed by atoms with Crippen molar-refractivity contribution < 1.29 is 9.47 Å². The maximum absolute atomic E-state index is 5.94. The van der Waals surface area contributed by atoms with E-state index in [2.05, 4.69) is 43.1 Å². The second-order valence-electron chi connectivity index (χ2n) is 5.86. The number of nitrogens with zero attached hydrogens (tertiary/aromatic N) is 3. The summed E-state index contributed by atoms with van der Waals surface area (Å²) >= 11 is 0. The summed E-state index contributed by atoms with van der Waals surface area (Å²) < 4.78 is 13.5. The zero-order valence-corrected chi connectivity index (χ0v) is 12.2. The molecule has 1 N–H and O–H groups in total. The molecule has 2 heterocycles. The highest BCUT2D eigenvalue weighted by atomic mass is 16.5. The Labute approximate surface area is 114 Å². The van der Waals surface area contributed by atoms with Crippen LogP contribution in [0.25, 0.3) is 0 Å². The zero-order chi connectivity index (χ0) is 13.9. The van der Waals surface area contributed by atoms with Crippen LogP contribution in [-0.2, 0) is 16.1 Å². The van der Waals surface area contributed by atoms with Crippen molar-refractivity contribution in [2.24, 2.45) is 0 Å². The van der Waals surface area contributed by atoms with Crippen molar-refractivity contribution in [3.05, 3.63) is 12.2 Å². The lowest BCUT2D eigenvalue weighted by Gasteiger charge is -2.36. The Kier molecular flexibility index (Phi) is 4.54. The quantitative estimate of drug-likeness (QED) is 0.868. The molecule has 1 fully saturated rings. The Morgan fingerprint density at radius 2 is 2.37 bits per heavy atom. The number of rotatable bonds is 5. The van der Waals surface area contributed by atoms with Crippen LogP contribution in [0, 0.1) is 0 Å². The molecule has 2 rings (SSSR count). The minimum absolute atomic E-state index is 0.0965. The Balaban J connectivity index is 1.79. The van der Waals surface area contributed by atoms with Crippen LogP contribution in [0.15, 0.2) is 6.33 Å². The smallest absolute Gasteiger partial charge is 0.153 e. The fourth-order valence-electron chi connectivity index (χ4n) is 2.25. The molecule has 0 spiro atoms. The van der Waals surface area contributed by atoms with E-state index in [-0.39, 0.29) is 11.7 Å². The van der Waals surface area contributed by atoms with E-state index in [0.29, 0.717) is 19.3 Å². The maximum Gasteiger partial charge on any atom is 0.153 e. The van der Waals surface area contributed by atoms with Crippen LogP contribution in [0.4, 0.5) is 0 Å². The van der Waals surface area contributed by atoms with Crippen molar-refractivity contribution in [3.8, 4) is 0 Å². The highest BCUT2D eigenvalue weighted by molar-refractivity contribution is 4.84. The van der Waals surface area contributed by atoms with Gasteiger partial charge in [-0.15, -0.1) is 0 Å². The van der Waals surface area contributed by atoms with Gasteiger partial charge in [-0.05, 0) is 27.7 Å². The molecule has 0 bridgehead atoms. The topological polar surface area (TPSA) is 61.2 Å². The molecular formula is C13H24N4O2. The second-order valence-corrected chi connectivity index (χ2v) is 5.86. The molecule has 108 valence electrons. The molecule has 6 nitrogen and oxygen atoms in total. The summed E-state index contributed by atoms with van der Waals surface area (Å²) in [5, 5.41) is 7.55. The van der Waals surface area contributed by atoms with Gasteiger partial charge in [-0.1, -0.05) is 0 Å². The molecular weight excluding hydrogens is 244 g/mol. The summed E-state index contributed by atoms with van der Waals surface area (Å²) in [6.07, 6.45) is 1.67. The van der Waals surface area contributed by atoms with Gasteiger partial charge in [0.15, 0.2) is 5.82 Å². The summed E-state index contributed by atoms with van der Waals surface area (Å²) in [7, 11) is 0. The normalized spacial score (nSPS) is 22.9. The van der Waals surface area contributed by atoms with E-state index < -0.39 is 0 Å². The molecule has 1 aliphatic rings. The summed E-state index contributed by atoms with van der Waals surface area (Å²) in [4.78, 5) is 4.22. The Morgan fingerprint density at radius 3 is 3.05 bits per heavy atom.